The standard InChI is InChI=1S/C11H22N2O2S.ClH/c1-2-16(14,15)13-10-4-3-5-11(10)6-8-12-9-7-11;/h10,12-13H,2-9H2,1H3;1H/t10-;/m0./s1. The Morgan fingerprint density at radius 1 is 1.29 bits per heavy atom. The van der Waals surface area contributed by atoms with Gasteiger partial charge in [-0.1, -0.05) is 6.42 Å². The van der Waals surface area contributed by atoms with E-state index in [4.69, 9.17) is 0 Å². The van der Waals surface area contributed by atoms with Gasteiger partial charge in [-0.05, 0) is 51.1 Å². The summed E-state index contributed by atoms with van der Waals surface area (Å²) in [5.41, 5.74) is 0.244. The Labute approximate surface area is 110 Å². The van der Waals surface area contributed by atoms with Crippen LogP contribution >= 0.6 is 12.4 Å². The summed E-state index contributed by atoms with van der Waals surface area (Å²) in [6.07, 6.45) is 5.59. The van der Waals surface area contributed by atoms with Crippen LogP contribution in [0.1, 0.15) is 39.0 Å². The molecule has 1 aliphatic carbocycles. The first-order valence-corrected chi connectivity index (χ1v) is 7.94. The summed E-state index contributed by atoms with van der Waals surface area (Å²) in [7, 11) is -3.05. The summed E-state index contributed by atoms with van der Waals surface area (Å²) in [5, 5.41) is 3.36. The van der Waals surface area contributed by atoms with E-state index >= 15 is 0 Å². The molecule has 1 spiro atoms. The molecule has 0 bridgehead atoms. The summed E-state index contributed by atoms with van der Waals surface area (Å²) < 4.78 is 26.2. The molecule has 1 saturated carbocycles. The fraction of sp³-hybridized carbons (Fsp3) is 1.00. The van der Waals surface area contributed by atoms with E-state index in [-0.39, 0.29) is 29.6 Å². The Bertz CT molecular complexity index is 339. The van der Waals surface area contributed by atoms with Crippen molar-refractivity contribution in [2.75, 3.05) is 18.8 Å². The van der Waals surface area contributed by atoms with Gasteiger partial charge in [0.25, 0.3) is 0 Å². The minimum absolute atomic E-state index is 0. The second kappa shape index (κ2) is 5.87. The van der Waals surface area contributed by atoms with Gasteiger partial charge in [0.15, 0.2) is 0 Å². The van der Waals surface area contributed by atoms with E-state index in [1.54, 1.807) is 6.92 Å². The lowest BCUT2D eigenvalue weighted by Crippen LogP contribution is -2.49. The van der Waals surface area contributed by atoms with Crippen LogP contribution in [-0.4, -0.2) is 33.3 Å². The molecule has 4 nitrogen and oxygen atoms in total. The van der Waals surface area contributed by atoms with E-state index in [1.807, 2.05) is 0 Å². The number of halogens is 1. The van der Waals surface area contributed by atoms with Crippen molar-refractivity contribution >= 4 is 22.4 Å². The topological polar surface area (TPSA) is 58.2 Å². The van der Waals surface area contributed by atoms with Gasteiger partial charge in [-0.15, -0.1) is 12.4 Å². The molecule has 0 aromatic rings. The monoisotopic (exact) mass is 282 g/mol. The average molecular weight is 283 g/mol. The zero-order chi connectivity index (χ0) is 11.6. The summed E-state index contributed by atoms with van der Waals surface area (Å²) in [6.45, 7) is 3.76. The van der Waals surface area contributed by atoms with E-state index in [0.29, 0.717) is 0 Å². The van der Waals surface area contributed by atoms with Gasteiger partial charge in [0.2, 0.25) is 10.0 Å². The third-order valence-corrected chi connectivity index (χ3v) is 5.61. The van der Waals surface area contributed by atoms with Gasteiger partial charge < -0.3 is 5.32 Å². The van der Waals surface area contributed by atoms with Crippen LogP contribution in [0.2, 0.25) is 0 Å². The third kappa shape index (κ3) is 3.34. The minimum atomic E-state index is -3.05. The van der Waals surface area contributed by atoms with E-state index in [1.165, 1.54) is 6.42 Å². The van der Waals surface area contributed by atoms with Crippen molar-refractivity contribution in [2.24, 2.45) is 5.41 Å². The lowest BCUT2D eigenvalue weighted by molar-refractivity contribution is 0.174. The minimum Gasteiger partial charge on any atom is -0.317 e. The van der Waals surface area contributed by atoms with Crippen LogP contribution < -0.4 is 10.0 Å². The van der Waals surface area contributed by atoms with E-state index in [2.05, 4.69) is 10.0 Å². The number of piperidine rings is 1. The number of rotatable bonds is 3. The van der Waals surface area contributed by atoms with Crippen LogP contribution in [0, 0.1) is 5.41 Å². The van der Waals surface area contributed by atoms with Gasteiger partial charge in [0.1, 0.15) is 0 Å². The maximum absolute atomic E-state index is 11.7. The second-order valence-corrected chi connectivity index (χ2v) is 7.12. The molecule has 2 fully saturated rings. The smallest absolute Gasteiger partial charge is 0.211 e. The van der Waals surface area contributed by atoms with Crippen molar-refractivity contribution in [3.63, 3.8) is 0 Å². The maximum Gasteiger partial charge on any atom is 0.211 e. The van der Waals surface area contributed by atoms with Gasteiger partial charge in [-0.3, -0.25) is 0 Å². The van der Waals surface area contributed by atoms with Crippen molar-refractivity contribution in [3.8, 4) is 0 Å². The zero-order valence-corrected chi connectivity index (χ0v) is 12.0. The van der Waals surface area contributed by atoms with Gasteiger partial charge in [-0.2, -0.15) is 0 Å². The number of hydrogen-bond acceptors (Lipinski definition) is 3. The van der Waals surface area contributed by atoms with Gasteiger partial charge in [-0.25, -0.2) is 13.1 Å². The number of hydrogen-bond donors (Lipinski definition) is 2. The van der Waals surface area contributed by atoms with E-state index < -0.39 is 10.0 Å². The molecule has 2 aliphatic rings. The normalized spacial score (nSPS) is 27.9. The molecule has 0 unspecified atom stereocenters. The molecular weight excluding hydrogens is 260 g/mol. The molecule has 17 heavy (non-hydrogen) atoms. The van der Waals surface area contributed by atoms with Crippen LogP contribution in [0.3, 0.4) is 0 Å². The van der Waals surface area contributed by atoms with Gasteiger partial charge in [0.05, 0.1) is 5.75 Å². The van der Waals surface area contributed by atoms with Crippen LogP contribution in [0.4, 0.5) is 0 Å². The SMILES string of the molecule is CCS(=O)(=O)N[C@H]1CCCC12CCNCC2.Cl. The highest BCUT2D eigenvalue weighted by Gasteiger charge is 2.44. The average Bonchev–Trinajstić information content (AvgIpc) is 2.62. The molecular formula is C11H23ClN2O2S. The third-order valence-electron chi connectivity index (χ3n) is 4.21. The fourth-order valence-electron chi connectivity index (χ4n) is 3.15. The Kier molecular flexibility index (Phi) is 5.25. The predicted octanol–water partition coefficient (Wildman–Crippen LogP) is 1.27. The lowest BCUT2D eigenvalue weighted by atomic mass is 9.75. The maximum atomic E-state index is 11.7. The molecule has 2 rings (SSSR count). The highest BCUT2D eigenvalue weighted by molar-refractivity contribution is 7.89. The molecule has 1 heterocycles. The molecule has 0 aromatic carbocycles. The van der Waals surface area contributed by atoms with Crippen LogP contribution in [0.5, 0.6) is 0 Å². The van der Waals surface area contributed by atoms with Crippen LogP contribution in [-0.2, 0) is 10.0 Å². The number of sulfonamides is 1. The highest BCUT2D eigenvalue weighted by Crippen LogP contribution is 2.45. The van der Waals surface area contributed by atoms with Crippen molar-refractivity contribution in [1.82, 2.24) is 10.0 Å². The van der Waals surface area contributed by atoms with Gasteiger partial charge in [0, 0.05) is 6.04 Å². The van der Waals surface area contributed by atoms with Crippen molar-refractivity contribution in [3.05, 3.63) is 0 Å². The Morgan fingerprint density at radius 3 is 2.53 bits per heavy atom. The molecule has 1 aliphatic heterocycles. The molecule has 0 radical (unpaired) electrons. The van der Waals surface area contributed by atoms with Gasteiger partial charge >= 0.3 is 0 Å². The predicted molar refractivity (Wildman–Crippen MR) is 72.0 cm³/mol. The van der Waals surface area contributed by atoms with Crippen molar-refractivity contribution in [1.29, 1.82) is 0 Å². The van der Waals surface area contributed by atoms with Crippen LogP contribution in [0.15, 0.2) is 0 Å². The largest absolute Gasteiger partial charge is 0.317 e. The molecule has 6 heteroatoms. The Balaban J connectivity index is 0.00000144. The molecule has 2 N–H and O–H groups in total. The first-order chi connectivity index (χ1) is 7.58. The molecule has 1 atom stereocenters. The summed E-state index contributed by atoms with van der Waals surface area (Å²) in [4.78, 5) is 0. The second-order valence-electron chi connectivity index (χ2n) is 5.08. The van der Waals surface area contributed by atoms with Crippen LogP contribution in [0.25, 0.3) is 0 Å². The Morgan fingerprint density at radius 2 is 1.94 bits per heavy atom. The fourth-order valence-corrected chi connectivity index (χ4v) is 4.11. The molecule has 102 valence electrons. The molecule has 0 amide bonds. The van der Waals surface area contributed by atoms with Crippen molar-refractivity contribution < 1.29 is 8.42 Å². The first-order valence-electron chi connectivity index (χ1n) is 6.29. The number of nitrogens with one attached hydrogen (secondary N) is 2. The lowest BCUT2D eigenvalue weighted by Gasteiger charge is -2.39. The summed E-state index contributed by atoms with van der Waals surface area (Å²) in [6, 6.07) is 0.180. The summed E-state index contributed by atoms with van der Waals surface area (Å²) >= 11 is 0. The zero-order valence-electron chi connectivity index (χ0n) is 10.4. The Hall–Kier alpha value is 0.160. The van der Waals surface area contributed by atoms with E-state index in [0.717, 1.165) is 38.8 Å². The quantitative estimate of drug-likeness (QED) is 0.820. The van der Waals surface area contributed by atoms with Crippen molar-refractivity contribution in [2.45, 2.75) is 45.1 Å². The highest BCUT2D eigenvalue weighted by atomic mass is 35.5. The summed E-state index contributed by atoms with van der Waals surface area (Å²) in [5.74, 6) is 0.192. The first kappa shape index (κ1) is 15.2. The molecule has 0 aromatic heterocycles. The molecule has 1 saturated heterocycles. The van der Waals surface area contributed by atoms with E-state index in [9.17, 15) is 8.42 Å².